The number of amides is 1. The molecule has 2 rings (SSSR count). The molecule has 2 aromatic rings. The number of benzene rings is 1. The SMILES string of the molecule is C=CCNC(=O)[C@H](C)SCc1csc(-c2ccc(C)cc2)n1. The summed E-state index contributed by atoms with van der Waals surface area (Å²) in [7, 11) is 0. The highest BCUT2D eigenvalue weighted by Crippen LogP contribution is 2.26. The lowest BCUT2D eigenvalue weighted by Gasteiger charge is -2.09. The van der Waals surface area contributed by atoms with Crippen LogP contribution in [0, 0.1) is 6.92 Å². The predicted octanol–water partition coefficient (Wildman–Crippen LogP) is 4.04. The number of rotatable bonds is 7. The Kier molecular flexibility index (Phi) is 6.21. The van der Waals surface area contributed by atoms with E-state index in [-0.39, 0.29) is 11.2 Å². The minimum atomic E-state index is -0.0931. The van der Waals surface area contributed by atoms with E-state index in [2.05, 4.69) is 53.4 Å². The van der Waals surface area contributed by atoms with Gasteiger partial charge in [-0.15, -0.1) is 29.7 Å². The Labute approximate surface area is 139 Å². The molecule has 0 aliphatic rings. The molecule has 5 heteroatoms. The highest BCUT2D eigenvalue weighted by atomic mass is 32.2. The number of nitrogens with one attached hydrogen (secondary N) is 1. The van der Waals surface area contributed by atoms with Gasteiger partial charge in [0.25, 0.3) is 0 Å². The van der Waals surface area contributed by atoms with Crippen molar-refractivity contribution in [3.63, 3.8) is 0 Å². The largest absolute Gasteiger partial charge is 0.352 e. The van der Waals surface area contributed by atoms with Gasteiger partial charge in [0.1, 0.15) is 5.01 Å². The van der Waals surface area contributed by atoms with E-state index in [1.54, 1.807) is 29.2 Å². The van der Waals surface area contributed by atoms with Crippen LogP contribution in [0.1, 0.15) is 18.2 Å². The van der Waals surface area contributed by atoms with Crippen molar-refractivity contribution in [3.05, 3.63) is 53.6 Å². The second-order valence-electron chi connectivity index (χ2n) is 5.00. The minimum Gasteiger partial charge on any atom is -0.352 e. The number of thiazole rings is 1. The lowest BCUT2D eigenvalue weighted by molar-refractivity contribution is -0.120. The van der Waals surface area contributed by atoms with Gasteiger partial charge in [-0.05, 0) is 13.8 Å². The van der Waals surface area contributed by atoms with Gasteiger partial charge in [-0.25, -0.2) is 4.98 Å². The molecule has 1 amide bonds. The maximum Gasteiger partial charge on any atom is 0.233 e. The monoisotopic (exact) mass is 332 g/mol. The summed E-state index contributed by atoms with van der Waals surface area (Å²) in [5.74, 6) is 0.782. The molecule has 0 aliphatic carbocycles. The summed E-state index contributed by atoms with van der Waals surface area (Å²) in [5.41, 5.74) is 3.41. The minimum absolute atomic E-state index is 0.0406. The molecule has 0 saturated carbocycles. The zero-order valence-corrected chi connectivity index (χ0v) is 14.5. The predicted molar refractivity (Wildman–Crippen MR) is 96.3 cm³/mol. The molecular weight excluding hydrogens is 312 g/mol. The van der Waals surface area contributed by atoms with Gasteiger partial charge in [-0.3, -0.25) is 4.79 Å². The highest BCUT2D eigenvalue weighted by molar-refractivity contribution is 7.99. The van der Waals surface area contributed by atoms with Crippen LogP contribution in [0.4, 0.5) is 0 Å². The number of hydrogen-bond donors (Lipinski definition) is 1. The average Bonchev–Trinajstić information content (AvgIpc) is 2.99. The van der Waals surface area contributed by atoms with Crippen LogP contribution in [0.5, 0.6) is 0 Å². The first-order valence-electron chi connectivity index (χ1n) is 7.12. The molecule has 0 saturated heterocycles. The van der Waals surface area contributed by atoms with Crippen molar-refractivity contribution in [2.45, 2.75) is 24.9 Å². The number of aromatic nitrogens is 1. The zero-order chi connectivity index (χ0) is 15.9. The Bertz CT molecular complexity index is 634. The molecule has 1 N–H and O–H groups in total. The van der Waals surface area contributed by atoms with E-state index in [1.165, 1.54) is 5.56 Å². The number of carbonyl (C=O) groups excluding carboxylic acids is 1. The summed E-state index contributed by atoms with van der Waals surface area (Å²) >= 11 is 3.24. The maximum atomic E-state index is 11.8. The third-order valence-corrected chi connectivity index (χ3v) is 5.24. The molecule has 1 atom stereocenters. The normalized spacial score (nSPS) is 11.9. The fourth-order valence-corrected chi connectivity index (χ4v) is 3.54. The van der Waals surface area contributed by atoms with Crippen LogP contribution in [-0.4, -0.2) is 22.7 Å². The lowest BCUT2D eigenvalue weighted by atomic mass is 10.2. The smallest absolute Gasteiger partial charge is 0.233 e. The van der Waals surface area contributed by atoms with E-state index in [4.69, 9.17) is 0 Å². The van der Waals surface area contributed by atoms with Crippen LogP contribution in [0.2, 0.25) is 0 Å². The number of thioether (sulfide) groups is 1. The van der Waals surface area contributed by atoms with Gasteiger partial charge >= 0.3 is 0 Å². The van der Waals surface area contributed by atoms with E-state index in [0.717, 1.165) is 22.0 Å². The molecule has 0 unspecified atom stereocenters. The Morgan fingerprint density at radius 2 is 2.18 bits per heavy atom. The first-order chi connectivity index (χ1) is 10.6. The number of hydrogen-bond acceptors (Lipinski definition) is 4. The van der Waals surface area contributed by atoms with Crippen molar-refractivity contribution >= 4 is 29.0 Å². The molecule has 3 nitrogen and oxygen atoms in total. The summed E-state index contributed by atoms with van der Waals surface area (Å²) in [4.78, 5) is 16.4. The molecule has 0 fully saturated rings. The summed E-state index contributed by atoms with van der Waals surface area (Å²) in [6, 6.07) is 8.38. The Morgan fingerprint density at radius 3 is 2.86 bits per heavy atom. The van der Waals surface area contributed by atoms with Crippen LogP contribution >= 0.6 is 23.1 Å². The molecule has 0 aliphatic heterocycles. The quantitative estimate of drug-likeness (QED) is 0.778. The second-order valence-corrected chi connectivity index (χ2v) is 7.18. The average molecular weight is 332 g/mol. The van der Waals surface area contributed by atoms with Crippen molar-refractivity contribution in [2.24, 2.45) is 0 Å². The summed E-state index contributed by atoms with van der Waals surface area (Å²) in [6.45, 7) is 8.09. The molecule has 1 aromatic heterocycles. The zero-order valence-electron chi connectivity index (χ0n) is 12.8. The van der Waals surface area contributed by atoms with Crippen LogP contribution in [0.25, 0.3) is 10.6 Å². The van der Waals surface area contributed by atoms with Gasteiger partial charge in [0.15, 0.2) is 0 Å². The topological polar surface area (TPSA) is 42.0 Å². The van der Waals surface area contributed by atoms with Gasteiger partial charge < -0.3 is 5.32 Å². The van der Waals surface area contributed by atoms with Crippen molar-refractivity contribution in [3.8, 4) is 10.6 Å². The van der Waals surface area contributed by atoms with Crippen molar-refractivity contribution in [2.75, 3.05) is 6.54 Å². The van der Waals surface area contributed by atoms with Gasteiger partial charge in [0, 0.05) is 23.2 Å². The fourth-order valence-electron chi connectivity index (χ4n) is 1.80. The van der Waals surface area contributed by atoms with E-state index in [9.17, 15) is 4.79 Å². The van der Waals surface area contributed by atoms with Crippen LogP contribution in [-0.2, 0) is 10.5 Å². The molecule has 116 valence electrons. The van der Waals surface area contributed by atoms with Crippen molar-refractivity contribution in [1.29, 1.82) is 0 Å². The Hall–Kier alpha value is -1.59. The highest BCUT2D eigenvalue weighted by Gasteiger charge is 2.13. The number of nitrogens with zero attached hydrogens (tertiary/aromatic N) is 1. The third-order valence-electron chi connectivity index (χ3n) is 3.12. The van der Waals surface area contributed by atoms with Crippen molar-refractivity contribution < 1.29 is 4.79 Å². The standard InChI is InChI=1S/C17H20N2OS2/c1-4-9-18-16(20)13(3)21-10-15-11-22-17(19-15)14-7-5-12(2)6-8-14/h4-8,11,13H,1,9-10H2,2-3H3,(H,18,20)/t13-/m0/s1. The van der Waals surface area contributed by atoms with E-state index < -0.39 is 0 Å². The van der Waals surface area contributed by atoms with Crippen molar-refractivity contribution in [1.82, 2.24) is 10.3 Å². The van der Waals surface area contributed by atoms with Gasteiger partial charge in [0.05, 0.1) is 10.9 Å². The third kappa shape index (κ3) is 4.71. The maximum absolute atomic E-state index is 11.8. The lowest BCUT2D eigenvalue weighted by Crippen LogP contribution is -2.30. The Morgan fingerprint density at radius 1 is 1.45 bits per heavy atom. The van der Waals surface area contributed by atoms with E-state index >= 15 is 0 Å². The van der Waals surface area contributed by atoms with Crippen LogP contribution in [0.3, 0.4) is 0 Å². The summed E-state index contributed by atoms with van der Waals surface area (Å²) in [5, 5.41) is 5.81. The van der Waals surface area contributed by atoms with Gasteiger partial charge in [-0.1, -0.05) is 35.9 Å². The van der Waals surface area contributed by atoms with Crippen LogP contribution in [0.15, 0.2) is 42.3 Å². The first-order valence-corrected chi connectivity index (χ1v) is 9.04. The molecule has 1 heterocycles. The molecule has 1 aromatic carbocycles. The molecule has 0 radical (unpaired) electrons. The van der Waals surface area contributed by atoms with Crippen LogP contribution < -0.4 is 5.32 Å². The van der Waals surface area contributed by atoms with Gasteiger partial charge in [0.2, 0.25) is 5.91 Å². The summed E-state index contributed by atoms with van der Waals surface area (Å²) in [6.07, 6.45) is 1.68. The van der Waals surface area contributed by atoms with Gasteiger partial charge in [-0.2, -0.15) is 0 Å². The molecule has 22 heavy (non-hydrogen) atoms. The molecule has 0 bridgehead atoms. The Balaban J connectivity index is 1.91. The molecule has 0 spiro atoms. The fraction of sp³-hybridized carbons (Fsp3) is 0.294. The number of carbonyl (C=O) groups is 1. The number of aryl methyl sites for hydroxylation is 1. The second kappa shape index (κ2) is 8.15. The van der Waals surface area contributed by atoms with E-state index in [0.29, 0.717) is 6.54 Å². The summed E-state index contributed by atoms with van der Waals surface area (Å²) < 4.78 is 0. The molecular formula is C17H20N2OS2. The van der Waals surface area contributed by atoms with E-state index in [1.807, 2.05) is 6.92 Å². The first kappa shape index (κ1) is 16.8.